The number of ether oxygens (including phenoxy) is 1. The molecule has 0 amide bonds. The highest BCUT2D eigenvalue weighted by Crippen LogP contribution is 2.34. The highest BCUT2D eigenvalue weighted by Gasteiger charge is 2.23. The van der Waals surface area contributed by atoms with E-state index < -0.39 is 0 Å². The third-order valence-electron chi connectivity index (χ3n) is 2.83. The van der Waals surface area contributed by atoms with Gasteiger partial charge in [0.2, 0.25) is 0 Å². The van der Waals surface area contributed by atoms with Crippen molar-refractivity contribution in [3.63, 3.8) is 0 Å². The van der Waals surface area contributed by atoms with Gasteiger partial charge in [-0.3, -0.25) is 0 Å². The fourth-order valence-electron chi connectivity index (χ4n) is 1.73. The molecule has 0 spiro atoms. The Kier molecular flexibility index (Phi) is 5.50. The zero-order valence-corrected chi connectivity index (χ0v) is 14.2. The lowest BCUT2D eigenvalue weighted by molar-refractivity contribution is 0.173. The number of para-hydroxylation sites is 1. The van der Waals surface area contributed by atoms with E-state index in [4.69, 9.17) is 22.1 Å². The van der Waals surface area contributed by atoms with Gasteiger partial charge >= 0.3 is 0 Å². The molecule has 2 nitrogen and oxygen atoms in total. The molecular weight excluding hydrogens is 393 g/mol. The van der Waals surface area contributed by atoms with Crippen LogP contribution in [-0.2, 0) is 0 Å². The lowest BCUT2D eigenvalue weighted by atomic mass is 10.1. The van der Waals surface area contributed by atoms with Crippen molar-refractivity contribution in [2.45, 2.75) is 25.5 Å². The molecule has 0 bridgehead atoms. The quantitative estimate of drug-likeness (QED) is 0.718. The van der Waals surface area contributed by atoms with Gasteiger partial charge in [0.15, 0.2) is 0 Å². The molecular formula is C14H15ClINOS. The molecule has 2 rings (SSSR count). The summed E-state index contributed by atoms with van der Waals surface area (Å²) in [5, 5.41) is 0. The first kappa shape index (κ1) is 15.1. The summed E-state index contributed by atoms with van der Waals surface area (Å²) in [6.07, 6.45) is 0.697. The van der Waals surface area contributed by atoms with Gasteiger partial charge in [-0.2, -0.15) is 0 Å². The second kappa shape index (κ2) is 6.92. The standard InChI is InChI=1S/C14H15ClINOS/c1-2-10(17)14(12-7-8-13(15)19-12)18-11-6-4-3-5-9(11)16/h3-8,10,14H,2,17H2,1H3. The van der Waals surface area contributed by atoms with E-state index in [0.29, 0.717) is 0 Å². The maximum Gasteiger partial charge on any atom is 0.148 e. The SMILES string of the molecule is CCC(N)C(Oc1ccccc1I)c1ccc(Cl)s1. The average Bonchev–Trinajstić information content (AvgIpc) is 2.83. The summed E-state index contributed by atoms with van der Waals surface area (Å²) in [7, 11) is 0. The van der Waals surface area contributed by atoms with Crippen LogP contribution in [0.25, 0.3) is 0 Å². The molecule has 5 heteroatoms. The van der Waals surface area contributed by atoms with E-state index >= 15 is 0 Å². The molecule has 2 aromatic rings. The van der Waals surface area contributed by atoms with Gasteiger partial charge in [0.1, 0.15) is 11.9 Å². The van der Waals surface area contributed by atoms with Crippen LogP contribution in [0.15, 0.2) is 36.4 Å². The highest BCUT2D eigenvalue weighted by atomic mass is 127. The first-order chi connectivity index (χ1) is 9.11. The van der Waals surface area contributed by atoms with Crippen molar-refractivity contribution in [2.75, 3.05) is 0 Å². The molecule has 2 atom stereocenters. The summed E-state index contributed by atoms with van der Waals surface area (Å²) in [6, 6.07) is 11.8. The van der Waals surface area contributed by atoms with Crippen LogP contribution in [0.4, 0.5) is 0 Å². The van der Waals surface area contributed by atoms with Crippen LogP contribution in [-0.4, -0.2) is 6.04 Å². The Balaban J connectivity index is 2.27. The number of hydrogen-bond donors (Lipinski definition) is 1. The summed E-state index contributed by atoms with van der Waals surface area (Å²) in [5.74, 6) is 0.863. The van der Waals surface area contributed by atoms with Crippen molar-refractivity contribution >= 4 is 45.5 Å². The molecule has 1 aromatic carbocycles. The summed E-state index contributed by atoms with van der Waals surface area (Å²) >= 11 is 9.80. The van der Waals surface area contributed by atoms with Crippen LogP contribution in [0.5, 0.6) is 5.75 Å². The monoisotopic (exact) mass is 407 g/mol. The first-order valence-corrected chi connectivity index (χ1v) is 8.31. The number of halogens is 2. The molecule has 0 aliphatic heterocycles. The molecule has 1 heterocycles. The zero-order chi connectivity index (χ0) is 13.8. The van der Waals surface area contributed by atoms with Crippen molar-refractivity contribution in [3.05, 3.63) is 49.2 Å². The van der Waals surface area contributed by atoms with E-state index in [2.05, 4.69) is 29.5 Å². The molecule has 102 valence electrons. The van der Waals surface area contributed by atoms with Gasteiger partial charge in [0.05, 0.1) is 7.91 Å². The molecule has 0 fully saturated rings. The minimum absolute atomic E-state index is 0.0503. The maximum absolute atomic E-state index is 6.19. The van der Waals surface area contributed by atoms with Gasteiger partial charge < -0.3 is 10.5 Å². The van der Waals surface area contributed by atoms with E-state index in [0.717, 1.165) is 25.0 Å². The second-order valence-electron chi connectivity index (χ2n) is 4.18. The Morgan fingerprint density at radius 1 is 1.32 bits per heavy atom. The number of benzene rings is 1. The van der Waals surface area contributed by atoms with Crippen LogP contribution in [0, 0.1) is 3.57 Å². The predicted octanol–water partition coefficient (Wildman–Crippen LogP) is 4.86. The molecule has 0 radical (unpaired) electrons. The van der Waals surface area contributed by atoms with E-state index in [9.17, 15) is 0 Å². The molecule has 0 saturated carbocycles. The number of hydrogen-bond acceptors (Lipinski definition) is 3. The molecule has 0 aliphatic rings. The largest absolute Gasteiger partial charge is 0.482 e. The van der Waals surface area contributed by atoms with Crippen molar-refractivity contribution in [1.82, 2.24) is 0 Å². The predicted molar refractivity (Wildman–Crippen MR) is 90.1 cm³/mol. The number of thiophene rings is 1. The first-order valence-electron chi connectivity index (χ1n) is 6.03. The molecule has 2 unspecified atom stereocenters. The molecule has 0 aliphatic carbocycles. The second-order valence-corrected chi connectivity index (χ2v) is 7.09. The topological polar surface area (TPSA) is 35.2 Å². The molecule has 19 heavy (non-hydrogen) atoms. The lowest BCUT2D eigenvalue weighted by Crippen LogP contribution is -2.31. The highest BCUT2D eigenvalue weighted by molar-refractivity contribution is 14.1. The van der Waals surface area contributed by atoms with Crippen molar-refractivity contribution < 1.29 is 4.74 Å². The van der Waals surface area contributed by atoms with Crippen LogP contribution in [0.1, 0.15) is 24.3 Å². The third kappa shape index (κ3) is 3.84. The summed E-state index contributed by atoms with van der Waals surface area (Å²) in [5.41, 5.74) is 6.19. The van der Waals surface area contributed by atoms with E-state index in [-0.39, 0.29) is 12.1 Å². The number of rotatable bonds is 5. The van der Waals surface area contributed by atoms with Gasteiger partial charge in [-0.05, 0) is 53.3 Å². The zero-order valence-electron chi connectivity index (χ0n) is 10.5. The van der Waals surface area contributed by atoms with E-state index in [1.165, 1.54) is 11.3 Å². The molecule has 1 aromatic heterocycles. The van der Waals surface area contributed by atoms with Crippen LogP contribution >= 0.6 is 45.5 Å². The fourth-order valence-corrected chi connectivity index (χ4v) is 3.41. The van der Waals surface area contributed by atoms with Gasteiger partial charge in [0, 0.05) is 10.9 Å². The lowest BCUT2D eigenvalue weighted by Gasteiger charge is -2.23. The van der Waals surface area contributed by atoms with Crippen molar-refractivity contribution in [2.24, 2.45) is 5.73 Å². The molecule has 0 saturated heterocycles. The molecule has 2 N–H and O–H groups in total. The normalized spacial score (nSPS) is 14.1. The Morgan fingerprint density at radius 2 is 2.05 bits per heavy atom. The van der Waals surface area contributed by atoms with E-state index in [1.54, 1.807) is 0 Å². The average molecular weight is 408 g/mol. The maximum atomic E-state index is 6.19. The fraction of sp³-hybridized carbons (Fsp3) is 0.286. The van der Waals surface area contributed by atoms with Crippen LogP contribution in [0.3, 0.4) is 0 Å². The Bertz CT molecular complexity index is 546. The van der Waals surface area contributed by atoms with Gasteiger partial charge in [-0.1, -0.05) is 30.7 Å². The third-order valence-corrected chi connectivity index (χ3v) is 5.01. The van der Waals surface area contributed by atoms with E-state index in [1.807, 2.05) is 36.4 Å². The van der Waals surface area contributed by atoms with Crippen molar-refractivity contribution in [3.8, 4) is 5.75 Å². The van der Waals surface area contributed by atoms with Gasteiger partial charge in [0.25, 0.3) is 0 Å². The Morgan fingerprint density at radius 3 is 2.63 bits per heavy atom. The minimum atomic E-state index is -0.154. The Labute approximate surface area is 136 Å². The van der Waals surface area contributed by atoms with Crippen LogP contribution < -0.4 is 10.5 Å². The van der Waals surface area contributed by atoms with Crippen LogP contribution in [0.2, 0.25) is 4.34 Å². The van der Waals surface area contributed by atoms with Gasteiger partial charge in [-0.15, -0.1) is 11.3 Å². The van der Waals surface area contributed by atoms with Crippen molar-refractivity contribution in [1.29, 1.82) is 0 Å². The smallest absolute Gasteiger partial charge is 0.148 e. The summed E-state index contributed by atoms with van der Waals surface area (Å²) in [6.45, 7) is 2.06. The van der Waals surface area contributed by atoms with Gasteiger partial charge in [-0.25, -0.2) is 0 Å². The Hall–Kier alpha value is -0.300. The summed E-state index contributed by atoms with van der Waals surface area (Å²) < 4.78 is 7.96. The summed E-state index contributed by atoms with van der Waals surface area (Å²) in [4.78, 5) is 1.07. The number of nitrogens with two attached hydrogens (primary N) is 1. The minimum Gasteiger partial charge on any atom is -0.482 e.